The maximum Gasteiger partial charge on any atom is 0.251 e. The quantitative estimate of drug-likeness (QED) is 0.425. The first-order valence-electron chi connectivity index (χ1n) is 9.80. The van der Waals surface area contributed by atoms with Gasteiger partial charge in [0.05, 0.1) is 6.61 Å². The van der Waals surface area contributed by atoms with Crippen LogP contribution < -0.4 is 10.6 Å². The Morgan fingerprint density at radius 2 is 1.77 bits per heavy atom. The van der Waals surface area contributed by atoms with Gasteiger partial charge in [-0.1, -0.05) is 35.5 Å². The third-order valence-corrected chi connectivity index (χ3v) is 4.48. The molecule has 3 N–H and O–H groups in total. The smallest absolute Gasteiger partial charge is 0.251 e. The van der Waals surface area contributed by atoms with Crippen LogP contribution in [0.4, 0.5) is 0 Å². The number of aliphatic hydroxyl groups is 1. The molecule has 9 heteroatoms. The maximum atomic E-state index is 12.3. The van der Waals surface area contributed by atoms with Crippen LogP contribution in [0.25, 0.3) is 11.4 Å². The molecular weight excluding hydrogens is 400 g/mol. The van der Waals surface area contributed by atoms with Gasteiger partial charge in [0.15, 0.2) is 0 Å². The molecule has 0 aliphatic rings. The number of aliphatic hydroxyl groups excluding tert-OH is 1. The summed E-state index contributed by atoms with van der Waals surface area (Å²) in [5, 5.41) is 19.1. The van der Waals surface area contributed by atoms with E-state index in [1.807, 2.05) is 0 Å². The second-order valence-corrected chi connectivity index (χ2v) is 6.71. The summed E-state index contributed by atoms with van der Waals surface area (Å²) in [6.45, 7) is 0.711. The fourth-order valence-electron chi connectivity index (χ4n) is 2.80. The molecule has 1 heterocycles. The fourth-order valence-corrected chi connectivity index (χ4v) is 2.80. The molecule has 31 heavy (non-hydrogen) atoms. The minimum Gasteiger partial charge on any atom is -0.394 e. The topological polar surface area (TPSA) is 127 Å². The van der Waals surface area contributed by atoms with Crippen molar-refractivity contribution < 1.29 is 24.0 Å². The van der Waals surface area contributed by atoms with Gasteiger partial charge in [-0.15, -0.1) is 0 Å². The van der Waals surface area contributed by atoms with E-state index in [2.05, 4.69) is 20.8 Å². The van der Waals surface area contributed by atoms with Crippen molar-refractivity contribution in [2.45, 2.75) is 12.5 Å². The van der Waals surface area contributed by atoms with E-state index in [0.29, 0.717) is 29.8 Å². The molecule has 1 unspecified atom stereocenters. The molecular formula is C22H24N4O5. The normalized spacial score (nSPS) is 11.7. The average Bonchev–Trinajstić information content (AvgIpc) is 3.31. The molecule has 0 aliphatic heterocycles. The second kappa shape index (κ2) is 11.0. The van der Waals surface area contributed by atoms with Gasteiger partial charge < -0.3 is 25.0 Å². The van der Waals surface area contributed by atoms with Crippen molar-refractivity contribution >= 4 is 11.8 Å². The minimum absolute atomic E-state index is 0.0849. The molecule has 2 aromatic carbocycles. The van der Waals surface area contributed by atoms with E-state index < -0.39 is 12.6 Å². The number of hydrogen-bond acceptors (Lipinski definition) is 7. The molecule has 2 amide bonds. The van der Waals surface area contributed by atoms with Crippen LogP contribution in [0.2, 0.25) is 0 Å². The third kappa shape index (κ3) is 5.97. The largest absolute Gasteiger partial charge is 0.394 e. The summed E-state index contributed by atoms with van der Waals surface area (Å²) in [7, 11) is 1.61. The van der Waals surface area contributed by atoms with Crippen LogP contribution in [-0.4, -0.2) is 53.9 Å². The van der Waals surface area contributed by atoms with Gasteiger partial charge in [-0.25, -0.2) is 0 Å². The average molecular weight is 424 g/mol. The summed E-state index contributed by atoms with van der Waals surface area (Å²) in [6.07, 6.45) is 0.735. The lowest BCUT2D eigenvalue weighted by Gasteiger charge is -2.11. The Bertz CT molecular complexity index is 989. The molecule has 0 fully saturated rings. The summed E-state index contributed by atoms with van der Waals surface area (Å²) in [5.74, 6) is -0.170. The zero-order valence-electron chi connectivity index (χ0n) is 17.1. The van der Waals surface area contributed by atoms with Gasteiger partial charge in [0.25, 0.3) is 17.7 Å². The zero-order valence-corrected chi connectivity index (χ0v) is 17.1. The van der Waals surface area contributed by atoms with Crippen molar-refractivity contribution in [3.8, 4) is 11.4 Å². The highest BCUT2D eigenvalue weighted by Crippen LogP contribution is 2.20. The number of nitrogens with zero attached hydrogens (tertiary/aromatic N) is 2. The lowest BCUT2D eigenvalue weighted by Crippen LogP contribution is -2.31. The summed E-state index contributed by atoms with van der Waals surface area (Å²) < 4.78 is 10.2. The SMILES string of the molecule is COCCCNC(=O)c1ccc(-c2noc(C(CO)NC(=O)c3ccccc3)n2)cc1. The number of carbonyl (C=O) groups excluding carboxylic acids is 2. The number of methoxy groups -OCH3 is 1. The molecule has 0 bridgehead atoms. The van der Waals surface area contributed by atoms with E-state index in [1.54, 1.807) is 61.7 Å². The van der Waals surface area contributed by atoms with Gasteiger partial charge in [0.2, 0.25) is 5.82 Å². The number of nitrogens with one attached hydrogen (secondary N) is 2. The standard InChI is InChI=1S/C22H24N4O5/c1-30-13-5-12-23-20(28)17-10-8-15(9-11-17)19-25-22(31-26-19)18(14-27)24-21(29)16-6-3-2-4-7-16/h2-4,6-11,18,27H,5,12-14H2,1H3,(H,23,28)(H,24,29). The number of benzene rings is 2. The molecule has 3 rings (SSSR count). The molecule has 0 spiro atoms. The molecule has 0 aliphatic carbocycles. The Balaban J connectivity index is 1.64. The number of aromatic nitrogens is 2. The highest BCUT2D eigenvalue weighted by Gasteiger charge is 2.21. The first kappa shape index (κ1) is 22.1. The lowest BCUT2D eigenvalue weighted by molar-refractivity contribution is 0.0900. The highest BCUT2D eigenvalue weighted by atomic mass is 16.5. The van der Waals surface area contributed by atoms with Crippen molar-refractivity contribution in [2.75, 3.05) is 26.9 Å². The Labute approximate surface area is 179 Å². The predicted molar refractivity (Wildman–Crippen MR) is 112 cm³/mol. The van der Waals surface area contributed by atoms with Crippen molar-refractivity contribution in [2.24, 2.45) is 0 Å². The molecule has 162 valence electrons. The molecule has 0 radical (unpaired) electrons. The van der Waals surface area contributed by atoms with Gasteiger partial charge in [0.1, 0.15) is 6.04 Å². The first-order chi connectivity index (χ1) is 15.1. The Morgan fingerprint density at radius 1 is 1.06 bits per heavy atom. The molecule has 3 aromatic rings. The van der Waals surface area contributed by atoms with Crippen molar-refractivity contribution in [3.63, 3.8) is 0 Å². The summed E-state index contributed by atoms with van der Waals surface area (Å²) in [5.41, 5.74) is 1.60. The van der Waals surface area contributed by atoms with Crippen LogP contribution in [-0.2, 0) is 4.74 Å². The van der Waals surface area contributed by atoms with E-state index in [-0.39, 0.29) is 23.5 Å². The predicted octanol–water partition coefficient (Wildman–Crippen LogP) is 1.97. The molecule has 0 saturated carbocycles. The number of carbonyl (C=O) groups is 2. The minimum atomic E-state index is -0.842. The highest BCUT2D eigenvalue weighted by molar-refractivity contribution is 5.95. The van der Waals surface area contributed by atoms with Crippen LogP contribution in [0.15, 0.2) is 59.1 Å². The van der Waals surface area contributed by atoms with Gasteiger partial charge >= 0.3 is 0 Å². The third-order valence-electron chi connectivity index (χ3n) is 4.48. The summed E-state index contributed by atoms with van der Waals surface area (Å²) in [6, 6.07) is 14.5. The van der Waals surface area contributed by atoms with Crippen molar-refractivity contribution in [1.82, 2.24) is 20.8 Å². The van der Waals surface area contributed by atoms with Crippen LogP contribution in [0.3, 0.4) is 0 Å². The molecule has 0 saturated heterocycles. The van der Waals surface area contributed by atoms with Gasteiger partial charge in [0, 0.05) is 37.0 Å². The van der Waals surface area contributed by atoms with Gasteiger partial charge in [-0.05, 0) is 30.7 Å². The number of hydrogen-bond donors (Lipinski definition) is 3. The van der Waals surface area contributed by atoms with Gasteiger partial charge in [-0.2, -0.15) is 4.98 Å². The van der Waals surface area contributed by atoms with Crippen LogP contribution >= 0.6 is 0 Å². The molecule has 1 aromatic heterocycles. The Morgan fingerprint density at radius 3 is 2.45 bits per heavy atom. The fraction of sp³-hybridized carbons (Fsp3) is 0.273. The molecule has 1 atom stereocenters. The maximum absolute atomic E-state index is 12.3. The van der Waals surface area contributed by atoms with Crippen molar-refractivity contribution in [1.29, 1.82) is 0 Å². The monoisotopic (exact) mass is 424 g/mol. The van der Waals surface area contributed by atoms with E-state index in [4.69, 9.17) is 9.26 Å². The second-order valence-electron chi connectivity index (χ2n) is 6.71. The number of rotatable bonds is 10. The Hall–Kier alpha value is -3.56. The van der Waals surface area contributed by atoms with Gasteiger partial charge in [-0.3, -0.25) is 9.59 Å². The van der Waals surface area contributed by atoms with E-state index in [1.165, 1.54) is 0 Å². The number of amides is 2. The van der Waals surface area contributed by atoms with Crippen molar-refractivity contribution in [3.05, 3.63) is 71.6 Å². The van der Waals surface area contributed by atoms with Crippen LogP contribution in [0.5, 0.6) is 0 Å². The Kier molecular flexibility index (Phi) is 7.85. The summed E-state index contributed by atoms with van der Waals surface area (Å²) in [4.78, 5) is 28.7. The molecule has 9 nitrogen and oxygen atoms in total. The van der Waals surface area contributed by atoms with Crippen LogP contribution in [0, 0.1) is 0 Å². The zero-order chi connectivity index (χ0) is 22.1. The van der Waals surface area contributed by atoms with E-state index in [0.717, 1.165) is 6.42 Å². The first-order valence-corrected chi connectivity index (χ1v) is 9.80. The van der Waals surface area contributed by atoms with E-state index >= 15 is 0 Å². The lowest BCUT2D eigenvalue weighted by atomic mass is 10.1. The summed E-state index contributed by atoms with van der Waals surface area (Å²) >= 11 is 0. The number of ether oxygens (including phenoxy) is 1. The van der Waals surface area contributed by atoms with E-state index in [9.17, 15) is 14.7 Å². The van der Waals surface area contributed by atoms with Crippen LogP contribution in [0.1, 0.15) is 39.1 Å².